The highest BCUT2D eigenvalue weighted by molar-refractivity contribution is 5.94. The number of hydrogen-bond donors (Lipinski definition) is 2. The Balaban J connectivity index is 1.82. The SMILES string of the molecule is C#CCOc1cccc(C(=O)NCCOCCOCCOCCOCCOCCOCCOCCOCCOCCNC(=O)[C@@H](COC(C)(C)C)CC(=O)OC(C)(C)C)c1. The summed E-state index contributed by atoms with van der Waals surface area (Å²) in [4.78, 5) is 37.3. The molecule has 0 spiro atoms. The fourth-order valence-electron chi connectivity index (χ4n) is 4.61. The van der Waals surface area contributed by atoms with E-state index in [1.54, 1.807) is 45.0 Å². The molecule has 0 bridgehead atoms. The van der Waals surface area contributed by atoms with Gasteiger partial charge in [0.25, 0.3) is 5.91 Å². The summed E-state index contributed by atoms with van der Waals surface area (Å²) in [5.41, 5.74) is -0.587. The topological polar surface area (TPSA) is 186 Å². The Hall–Kier alpha value is -3.41. The predicted octanol–water partition coefficient (Wildman–Crippen LogP) is 2.86. The van der Waals surface area contributed by atoms with Gasteiger partial charge in [-0.25, -0.2) is 0 Å². The van der Waals surface area contributed by atoms with Crippen LogP contribution in [0, 0.1) is 18.3 Å². The maximum Gasteiger partial charge on any atom is 0.307 e. The van der Waals surface area contributed by atoms with Crippen LogP contribution < -0.4 is 15.4 Å². The molecule has 344 valence electrons. The van der Waals surface area contributed by atoms with Gasteiger partial charge in [-0.05, 0) is 59.7 Å². The molecule has 0 radical (unpaired) electrons. The van der Waals surface area contributed by atoms with Gasteiger partial charge in [0.2, 0.25) is 5.91 Å². The monoisotopic (exact) mass is 856 g/mol. The van der Waals surface area contributed by atoms with Crippen molar-refractivity contribution in [1.82, 2.24) is 10.6 Å². The van der Waals surface area contributed by atoms with Crippen LogP contribution in [0.3, 0.4) is 0 Å². The van der Waals surface area contributed by atoms with Crippen molar-refractivity contribution in [3.63, 3.8) is 0 Å². The molecule has 1 aromatic rings. The van der Waals surface area contributed by atoms with Crippen molar-refractivity contribution in [2.24, 2.45) is 5.92 Å². The number of amides is 2. The molecule has 0 unspecified atom stereocenters. The summed E-state index contributed by atoms with van der Waals surface area (Å²) in [5.74, 6) is 1.32. The van der Waals surface area contributed by atoms with Crippen LogP contribution in [0.4, 0.5) is 0 Å². The van der Waals surface area contributed by atoms with E-state index in [0.717, 1.165) is 0 Å². The fourth-order valence-corrected chi connectivity index (χ4v) is 4.61. The van der Waals surface area contributed by atoms with E-state index in [9.17, 15) is 14.4 Å². The third-order valence-corrected chi connectivity index (χ3v) is 7.39. The van der Waals surface area contributed by atoms with Crippen LogP contribution in [-0.2, 0) is 61.7 Å². The number of carbonyl (C=O) groups excluding carboxylic acids is 3. The van der Waals surface area contributed by atoms with Gasteiger partial charge in [0.1, 0.15) is 18.0 Å². The molecule has 0 fully saturated rings. The lowest BCUT2D eigenvalue weighted by Crippen LogP contribution is -2.39. The molecule has 0 heterocycles. The molecule has 1 atom stereocenters. The molecule has 0 aliphatic rings. The van der Waals surface area contributed by atoms with Gasteiger partial charge in [-0.15, -0.1) is 6.42 Å². The van der Waals surface area contributed by atoms with Crippen molar-refractivity contribution in [1.29, 1.82) is 0 Å². The largest absolute Gasteiger partial charge is 0.481 e. The van der Waals surface area contributed by atoms with Crippen molar-refractivity contribution < 1.29 is 71.2 Å². The third-order valence-electron chi connectivity index (χ3n) is 7.39. The van der Waals surface area contributed by atoms with E-state index in [4.69, 9.17) is 63.3 Å². The van der Waals surface area contributed by atoms with Crippen molar-refractivity contribution in [2.45, 2.75) is 59.2 Å². The first kappa shape index (κ1) is 54.6. The van der Waals surface area contributed by atoms with E-state index in [2.05, 4.69) is 16.6 Å². The Kier molecular flexibility index (Phi) is 32.0. The van der Waals surface area contributed by atoms with Gasteiger partial charge in [0, 0.05) is 18.7 Å². The molecule has 1 rings (SSSR count). The van der Waals surface area contributed by atoms with Gasteiger partial charge in [-0.3, -0.25) is 14.4 Å². The van der Waals surface area contributed by atoms with Crippen molar-refractivity contribution in [2.75, 3.05) is 145 Å². The summed E-state index contributed by atoms with van der Waals surface area (Å²) < 4.78 is 66.0. The minimum Gasteiger partial charge on any atom is -0.481 e. The van der Waals surface area contributed by atoms with Crippen LogP contribution in [0.15, 0.2) is 24.3 Å². The summed E-state index contributed by atoms with van der Waals surface area (Å²) in [6.45, 7) is 19.6. The second kappa shape index (κ2) is 35.2. The molecule has 0 aliphatic heterocycles. The quantitative estimate of drug-likeness (QED) is 0.0562. The van der Waals surface area contributed by atoms with E-state index in [-0.39, 0.29) is 31.4 Å². The standard InChI is InChI=1S/C43H72N2O15/c1-8-14-58-38-11-9-10-36(33-38)40(47)44-12-15-49-17-19-51-21-23-53-25-27-55-29-31-57-32-30-56-28-26-54-24-22-52-20-18-50-16-13-45-41(48)37(35-59-42(2,3)4)34-39(46)60-43(5,6)7/h1,9-11,33,37H,12-32,34-35H2,2-7H3,(H,44,47)(H,45,48)/t37-/m1/s1. The second-order valence-corrected chi connectivity index (χ2v) is 15.0. The number of esters is 1. The zero-order chi connectivity index (χ0) is 44.2. The van der Waals surface area contributed by atoms with Crippen molar-refractivity contribution in [3.8, 4) is 18.1 Å². The van der Waals surface area contributed by atoms with Gasteiger partial charge < -0.3 is 67.5 Å². The normalized spacial score (nSPS) is 12.2. The Morgan fingerprint density at radius 3 is 1.42 bits per heavy atom. The van der Waals surface area contributed by atoms with E-state index >= 15 is 0 Å². The lowest BCUT2D eigenvalue weighted by atomic mass is 10.0. The minimum absolute atomic E-state index is 0.0673. The van der Waals surface area contributed by atoms with Crippen LogP contribution in [-0.4, -0.2) is 174 Å². The van der Waals surface area contributed by atoms with Gasteiger partial charge in [0.05, 0.1) is 143 Å². The van der Waals surface area contributed by atoms with Crippen LogP contribution >= 0.6 is 0 Å². The number of terminal acetylenes is 1. The fraction of sp³-hybridized carbons (Fsp3) is 0.744. The number of hydrogen-bond acceptors (Lipinski definition) is 15. The first-order valence-corrected chi connectivity index (χ1v) is 20.6. The summed E-state index contributed by atoms with van der Waals surface area (Å²) in [6.07, 6.45) is 5.13. The molecule has 2 N–H and O–H groups in total. The average molecular weight is 857 g/mol. The van der Waals surface area contributed by atoms with Crippen molar-refractivity contribution in [3.05, 3.63) is 29.8 Å². The molecule has 0 saturated carbocycles. The van der Waals surface area contributed by atoms with E-state index in [1.807, 2.05) is 20.8 Å². The second-order valence-electron chi connectivity index (χ2n) is 15.0. The zero-order valence-electron chi connectivity index (χ0n) is 36.9. The molecular formula is C43H72N2O15. The van der Waals surface area contributed by atoms with E-state index in [0.29, 0.717) is 143 Å². The lowest BCUT2D eigenvalue weighted by Gasteiger charge is -2.25. The smallest absolute Gasteiger partial charge is 0.307 e. The highest BCUT2D eigenvalue weighted by atomic mass is 16.6. The Morgan fingerprint density at radius 1 is 0.600 bits per heavy atom. The molecule has 0 aromatic heterocycles. The third kappa shape index (κ3) is 34.3. The Labute approximate surface area is 357 Å². The number of nitrogens with one attached hydrogen (secondary N) is 2. The highest BCUT2D eigenvalue weighted by Crippen LogP contribution is 2.16. The first-order chi connectivity index (χ1) is 28.8. The summed E-state index contributed by atoms with van der Waals surface area (Å²) in [5, 5.41) is 5.60. The van der Waals surface area contributed by atoms with E-state index < -0.39 is 23.1 Å². The Morgan fingerprint density at radius 2 is 1.02 bits per heavy atom. The number of benzene rings is 1. The summed E-state index contributed by atoms with van der Waals surface area (Å²) in [6, 6.07) is 6.82. The molecule has 0 aliphatic carbocycles. The average Bonchev–Trinajstić information content (AvgIpc) is 3.19. The van der Waals surface area contributed by atoms with Crippen LogP contribution in [0.25, 0.3) is 0 Å². The van der Waals surface area contributed by atoms with Gasteiger partial charge >= 0.3 is 5.97 Å². The summed E-state index contributed by atoms with van der Waals surface area (Å²) >= 11 is 0. The molecule has 0 saturated heterocycles. The number of rotatable bonds is 38. The lowest BCUT2D eigenvalue weighted by molar-refractivity contribution is -0.159. The Bertz CT molecular complexity index is 1300. The minimum atomic E-state index is -0.664. The molecule has 60 heavy (non-hydrogen) atoms. The predicted molar refractivity (Wildman–Crippen MR) is 223 cm³/mol. The summed E-state index contributed by atoms with van der Waals surface area (Å²) in [7, 11) is 0. The molecule has 17 nitrogen and oxygen atoms in total. The molecular weight excluding hydrogens is 784 g/mol. The van der Waals surface area contributed by atoms with E-state index in [1.165, 1.54) is 0 Å². The van der Waals surface area contributed by atoms with Crippen LogP contribution in [0.1, 0.15) is 58.3 Å². The number of carbonyl (C=O) groups is 3. The highest BCUT2D eigenvalue weighted by Gasteiger charge is 2.27. The maximum absolute atomic E-state index is 12.7. The maximum atomic E-state index is 12.7. The van der Waals surface area contributed by atoms with Gasteiger partial charge in [-0.1, -0.05) is 12.0 Å². The molecule has 2 amide bonds. The first-order valence-electron chi connectivity index (χ1n) is 20.6. The zero-order valence-corrected chi connectivity index (χ0v) is 36.9. The molecule has 1 aromatic carbocycles. The van der Waals surface area contributed by atoms with Gasteiger partial charge in [-0.2, -0.15) is 0 Å². The number of ether oxygens (including phenoxy) is 12. The van der Waals surface area contributed by atoms with Crippen LogP contribution in [0.5, 0.6) is 5.75 Å². The van der Waals surface area contributed by atoms with Crippen molar-refractivity contribution >= 4 is 17.8 Å². The van der Waals surface area contributed by atoms with Crippen LogP contribution in [0.2, 0.25) is 0 Å². The molecule has 17 heteroatoms. The van der Waals surface area contributed by atoms with Gasteiger partial charge in [0.15, 0.2) is 0 Å².